The molecule has 2 fully saturated rings. The van der Waals surface area contributed by atoms with Gasteiger partial charge in [-0.3, -0.25) is 9.47 Å². The molecule has 168 valence electrons. The summed E-state index contributed by atoms with van der Waals surface area (Å²) in [4.78, 5) is 17.7. The summed E-state index contributed by atoms with van der Waals surface area (Å²) in [6.45, 7) is 10.4. The van der Waals surface area contributed by atoms with Crippen LogP contribution in [0, 0.1) is 0 Å². The Morgan fingerprint density at radius 3 is 2.43 bits per heavy atom. The Balaban J connectivity index is 0.00000160. The van der Waals surface area contributed by atoms with Crippen LogP contribution in [0.5, 0.6) is 0 Å². The maximum Gasteiger partial charge on any atom is 0.345 e. The number of anilines is 1. The summed E-state index contributed by atoms with van der Waals surface area (Å²) in [5.41, 5.74) is 1.34. The van der Waals surface area contributed by atoms with E-state index in [2.05, 4.69) is 45.4 Å². The summed E-state index contributed by atoms with van der Waals surface area (Å²) < 4.78 is 3.56. The molecule has 30 heavy (non-hydrogen) atoms. The summed E-state index contributed by atoms with van der Waals surface area (Å²) in [5.74, 6) is 1.32. The number of halogens is 2. The number of hydrogen-bond donors (Lipinski definition) is 1. The second kappa shape index (κ2) is 11.7. The third kappa shape index (κ3) is 5.58. The van der Waals surface area contributed by atoms with Gasteiger partial charge in [0.05, 0.1) is 6.54 Å². The van der Waals surface area contributed by atoms with Gasteiger partial charge in [0, 0.05) is 57.4 Å². The first kappa shape index (κ1) is 24.7. The van der Waals surface area contributed by atoms with Gasteiger partial charge in [-0.1, -0.05) is 18.2 Å². The highest BCUT2D eigenvalue weighted by Crippen LogP contribution is 2.20. The second-order valence-corrected chi connectivity index (χ2v) is 7.82. The fourth-order valence-corrected chi connectivity index (χ4v) is 4.38. The molecule has 1 aromatic carbocycles. The van der Waals surface area contributed by atoms with Crippen molar-refractivity contribution >= 4 is 30.5 Å². The molecule has 4 rings (SSSR count). The number of rotatable bonds is 6. The van der Waals surface area contributed by atoms with E-state index in [0.717, 1.165) is 64.5 Å². The van der Waals surface area contributed by atoms with Crippen molar-refractivity contribution in [3.05, 3.63) is 46.6 Å². The lowest BCUT2D eigenvalue weighted by Gasteiger charge is -2.36. The lowest BCUT2D eigenvalue weighted by Crippen LogP contribution is -2.47. The third-order valence-corrected chi connectivity index (χ3v) is 6.05. The van der Waals surface area contributed by atoms with E-state index < -0.39 is 0 Å². The van der Waals surface area contributed by atoms with Crippen LogP contribution in [0.25, 0.3) is 0 Å². The molecular formula is C21H34Cl2N6O. The van der Waals surface area contributed by atoms with Crippen LogP contribution in [0.1, 0.15) is 31.5 Å². The van der Waals surface area contributed by atoms with E-state index in [0.29, 0.717) is 19.0 Å². The number of benzene rings is 1. The smallest absolute Gasteiger partial charge is 0.345 e. The van der Waals surface area contributed by atoms with Crippen molar-refractivity contribution in [3.63, 3.8) is 0 Å². The average Bonchev–Trinajstić information content (AvgIpc) is 3.09. The third-order valence-electron chi connectivity index (χ3n) is 6.05. The van der Waals surface area contributed by atoms with E-state index in [9.17, 15) is 4.79 Å². The van der Waals surface area contributed by atoms with Gasteiger partial charge in [-0.25, -0.2) is 9.48 Å². The largest absolute Gasteiger partial charge is 0.369 e. The Morgan fingerprint density at radius 1 is 1.07 bits per heavy atom. The molecule has 0 saturated carbocycles. The van der Waals surface area contributed by atoms with Crippen LogP contribution in [0.15, 0.2) is 35.1 Å². The minimum absolute atomic E-state index is 0. The summed E-state index contributed by atoms with van der Waals surface area (Å²) in [6, 6.07) is 10.6. The normalized spacial score (nSPS) is 19.8. The van der Waals surface area contributed by atoms with Gasteiger partial charge < -0.3 is 10.2 Å². The molecule has 3 heterocycles. The highest BCUT2D eigenvalue weighted by molar-refractivity contribution is 5.85. The maximum atomic E-state index is 12.8. The van der Waals surface area contributed by atoms with Gasteiger partial charge in [-0.15, -0.1) is 24.8 Å². The van der Waals surface area contributed by atoms with Gasteiger partial charge in [-0.2, -0.15) is 5.10 Å². The SMILES string of the molecule is CCn1c(C2CCCNC2)nn(CCN2CCN(c3ccccc3)CC2)c1=O.Cl.Cl. The minimum Gasteiger partial charge on any atom is -0.369 e. The van der Waals surface area contributed by atoms with Crippen LogP contribution in [-0.2, 0) is 13.1 Å². The predicted molar refractivity (Wildman–Crippen MR) is 127 cm³/mol. The zero-order chi connectivity index (χ0) is 19.3. The molecule has 1 unspecified atom stereocenters. The van der Waals surface area contributed by atoms with Crippen molar-refractivity contribution in [2.45, 2.75) is 38.8 Å². The van der Waals surface area contributed by atoms with E-state index in [-0.39, 0.29) is 30.5 Å². The lowest BCUT2D eigenvalue weighted by molar-refractivity contribution is 0.243. The molecule has 1 N–H and O–H groups in total. The summed E-state index contributed by atoms with van der Waals surface area (Å²) in [6.07, 6.45) is 2.27. The average molecular weight is 457 g/mol. The number of nitrogens with one attached hydrogen (secondary N) is 1. The van der Waals surface area contributed by atoms with E-state index in [4.69, 9.17) is 5.10 Å². The van der Waals surface area contributed by atoms with Crippen LogP contribution in [0.2, 0.25) is 0 Å². The van der Waals surface area contributed by atoms with Crippen molar-refractivity contribution in [1.29, 1.82) is 0 Å². The van der Waals surface area contributed by atoms with E-state index in [1.807, 2.05) is 11.5 Å². The van der Waals surface area contributed by atoms with Crippen LogP contribution in [0.4, 0.5) is 5.69 Å². The minimum atomic E-state index is 0. The number of hydrogen-bond acceptors (Lipinski definition) is 5. The Hall–Kier alpha value is -1.54. The predicted octanol–water partition coefficient (Wildman–Crippen LogP) is 2.20. The van der Waals surface area contributed by atoms with Crippen molar-refractivity contribution in [2.75, 3.05) is 50.7 Å². The summed E-state index contributed by atoms with van der Waals surface area (Å²) in [5, 5.41) is 8.18. The number of nitrogens with zero attached hydrogens (tertiary/aromatic N) is 5. The van der Waals surface area contributed by atoms with Crippen LogP contribution < -0.4 is 15.9 Å². The monoisotopic (exact) mass is 456 g/mol. The Kier molecular flexibility index (Phi) is 9.68. The zero-order valence-corrected chi connectivity index (χ0v) is 19.3. The first-order valence-corrected chi connectivity index (χ1v) is 10.7. The Morgan fingerprint density at radius 2 is 1.80 bits per heavy atom. The fraction of sp³-hybridized carbons (Fsp3) is 0.619. The van der Waals surface area contributed by atoms with Gasteiger partial charge in [0.2, 0.25) is 0 Å². The molecule has 1 atom stereocenters. The number of para-hydroxylation sites is 1. The van der Waals surface area contributed by atoms with E-state index in [1.54, 1.807) is 4.68 Å². The van der Waals surface area contributed by atoms with E-state index >= 15 is 0 Å². The Bertz CT molecular complexity index is 811. The van der Waals surface area contributed by atoms with Gasteiger partial charge in [0.15, 0.2) is 0 Å². The fourth-order valence-electron chi connectivity index (χ4n) is 4.38. The quantitative estimate of drug-likeness (QED) is 0.721. The van der Waals surface area contributed by atoms with E-state index in [1.165, 1.54) is 5.69 Å². The molecule has 2 aromatic rings. The van der Waals surface area contributed by atoms with Crippen LogP contribution >= 0.6 is 24.8 Å². The van der Waals surface area contributed by atoms with Crippen LogP contribution in [-0.4, -0.2) is 65.1 Å². The molecular weight excluding hydrogens is 423 g/mol. The van der Waals surface area contributed by atoms with Gasteiger partial charge >= 0.3 is 5.69 Å². The number of aromatic nitrogens is 3. The first-order chi connectivity index (χ1) is 13.8. The standard InChI is InChI=1S/C21H32N6O.2ClH/c1-2-26-20(18-7-6-10-22-17-18)23-27(21(26)28)16-13-24-11-14-25(15-12-24)19-8-4-3-5-9-19;;/h3-5,8-9,18,22H,2,6-7,10-17H2,1H3;2*1H. The number of piperidine rings is 1. The molecule has 0 amide bonds. The molecule has 2 aliphatic rings. The van der Waals surface area contributed by atoms with Gasteiger partial charge in [0.25, 0.3) is 0 Å². The van der Waals surface area contributed by atoms with Crippen molar-refractivity contribution < 1.29 is 0 Å². The van der Waals surface area contributed by atoms with Crippen molar-refractivity contribution in [3.8, 4) is 0 Å². The Labute approximate surface area is 191 Å². The van der Waals surface area contributed by atoms with Crippen molar-refractivity contribution in [1.82, 2.24) is 24.6 Å². The second-order valence-electron chi connectivity index (χ2n) is 7.82. The molecule has 0 bridgehead atoms. The molecule has 9 heteroatoms. The highest BCUT2D eigenvalue weighted by atomic mass is 35.5. The highest BCUT2D eigenvalue weighted by Gasteiger charge is 2.24. The zero-order valence-electron chi connectivity index (χ0n) is 17.7. The molecule has 0 aliphatic carbocycles. The summed E-state index contributed by atoms with van der Waals surface area (Å²) >= 11 is 0. The number of piperazine rings is 1. The van der Waals surface area contributed by atoms with Crippen molar-refractivity contribution in [2.24, 2.45) is 0 Å². The lowest BCUT2D eigenvalue weighted by atomic mass is 9.99. The maximum absolute atomic E-state index is 12.8. The summed E-state index contributed by atoms with van der Waals surface area (Å²) in [7, 11) is 0. The molecule has 0 radical (unpaired) electrons. The molecule has 7 nitrogen and oxygen atoms in total. The molecule has 2 saturated heterocycles. The molecule has 1 aromatic heterocycles. The topological polar surface area (TPSA) is 58.3 Å². The van der Waals surface area contributed by atoms with Gasteiger partial charge in [0.1, 0.15) is 5.82 Å². The van der Waals surface area contributed by atoms with Crippen LogP contribution in [0.3, 0.4) is 0 Å². The first-order valence-electron chi connectivity index (χ1n) is 10.7. The van der Waals surface area contributed by atoms with Gasteiger partial charge in [-0.05, 0) is 38.4 Å². The molecule has 2 aliphatic heterocycles. The molecule has 0 spiro atoms.